The second-order valence-corrected chi connectivity index (χ2v) is 12.8. The number of hydrogen-bond acceptors (Lipinski definition) is 14. The molecule has 0 saturated heterocycles. The van der Waals surface area contributed by atoms with Crippen molar-refractivity contribution in [2.45, 2.75) is 19.8 Å². The molecule has 0 radical (unpaired) electrons. The molecule has 6 aromatic rings. The molecule has 14 nitrogen and oxygen atoms in total. The lowest BCUT2D eigenvalue weighted by Crippen LogP contribution is -2.13. The first-order valence-corrected chi connectivity index (χ1v) is 18.1. The Hall–Kier alpha value is -7.52. The van der Waals surface area contributed by atoms with Gasteiger partial charge in [-0.1, -0.05) is 24.3 Å². The Morgan fingerprint density at radius 3 is 1.12 bits per heavy atom. The second-order valence-electron chi connectivity index (χ2n) is 12.8. The molecule has 14 heteroatoms. The van der Waals surface area contributed by atoms with E-state index >= 15 is 0 Å². The first-order chi connectivity index (χ1) is 29.1. The fourth-order valence-corrected chi connectivity index (χ4v) is 5.94. The molecule has 6 aromatic carbocycles. The molecule has 3 N–H and O–H groups in total. The summed E-state index contributed by atoms with van der Waals surface area (Å²) in [5.74, 6) is -1.04. The number of benzene rings is 6. The summed E-state index contributed by atoms with van der Waals surface area (Å²) < 4.78 is 37.7. The summed E-state index contributed by atoms with van der Waals surface area (Å²) in [6, 6.07) is 30.9. The highest BCUT2D eigenvalue weighted by Gasteiger charge is 2.21. The normalized spacial score (nSPS) is 10.6. The minimum Gasteiger partial charge on any atom is -0.496 e. The van der Waals surface area contributed by atoms with Crippen LogP contribution in [0.15, 0.2) is 121 Å². The first-order valence-electron chi connectivity index (χ1n) is 18.1. The van der Waals surface area contributed by atoms with Crippen LogP contribution in [0.4, 0.5) is 0 Å². The third-order valence-electron chi connectivity index (χ3n) is 9.15. The zero-order valence-electron chi connectivity index (χ0n) is 32.5. The summed E-state index contributed by atoms with van der Waals surface area (Å²) in [6.07, 6.45) is 0. The van der Waals surface area contributed by atoms with Crippen LogP contribution in [-0.2, 0) is 19.8 Å². The lowest BCUT2D eigenvalue weighted by molar-refractivity contribution is 0.0717. The van der Waals surface area contributed by atoms with Crippen LogP contribution < -0.4 is 33.2 Å². The van der Waals surface area contributed by atoms with Crippen LogP contribution in [0.1, 0.15) is 58.1 Å². The molecule has 0 spiro atoms. The summed E-state index contributed by atoms with van der Waals surface area (Å²) >= 11 is 0. The zero-order chi connectivity index (χ0) is 42.8. The van der Waals surface area contributed by atoms with Crippen molar-refractivity contribution in [3.63, 3.8) is 0 Å². The molecule has 6 rings (SSSR count). The molecule has 0 saturated carbocycles. The molecule has 0 aliphatic heterocycles. The van der Waals surface area contributed by atoms with Crippen LogP contribution in [0.25, 0.3) is 11.1 Å². The van der Waals surface area contributed by atoms with E-state index in [2.05, 4.69) is 0 Å². The fourth-order valence-electron chi connectivity index (χ4n) is 5.94. The predicted octanol–water partition coefficient (Wildman–Crippen LogP) is 6.73. The van der Waals surface area contributed by atoms with Crippen molar-refractivity contribution in [1.29, 1.82) is 0 Å². The molecule has 0 aliphatic rings. The van der Waals surface area contributed by atoms with Gasteiger partial charge in [0.25, 0.3) is 0 Å². The number of rotatable bonds is 15. The van der Waals surface area contributed by atoms with Crippen LogP contribution in [0.5, 0.6) is 40.2 Å². The topological polar surface area (TPSA) is 194 Å². The summed E-state index contributed by atoms with van der Waals surface area (Å²) in [5, 5.41) is 28.9. The van der Waals surface area contributed by atoms with Gasteiger partial charge in [0.2, 0.25) is 0 Å². The molecule has 306 valence electrons. The molecule has 0 bridgehead atoms. The first kappa shape index (κ1) is 42.1. The average molecular weight is 815 g/mol. The summed E-state index contributed by atoms with van der Waals surface area (Å²) in [7, 11) is 4.23. The van der Waals surface area contributed by atoms with E-state index in [1.807, 2.05) is 0 Å². The molecule has 0 atom stereocenters. The van der Waals surface area contributed by atoms with Gasteiger partial charge in [0.15, 0.2) is 11.5 Å². The van der Waals surface area contributed by atoms with Crippen molar-refractivity contribution in [3.05, 3.63) is 160 Å². The average Bonchev–Trinajstić information content (AvgIpc) is 3.28. The van der Waals surface area contributed by atoms with Gasteiger partial charge in [-0.05, 0) is 125 Å². The number of carbonyl (C=O) groups excluding carboxylic acids is 4. The maximum Gasteiger partial charge on any atom is 0.347 e. The molecule has 0 aromatic heterocycles. The van der Waals surface area contributed by atoms with Gasteiger partial charge in [-0.3, -0.25) is 0 Å². The van der Waals surface area contributed by atoms with E-state index in [-0.39, 0.29) is 51.7 Å². The van der Waals surface area contributed by atoms with Gasteiger partial charge in [0.1, 0.15) is 34.3 Å². The van der Waals surface area contributed by atoms with E-state index in [4.69, 9.17) is 33.2 Å². The van der Waals surface area contributed by atoms with E-state index in [1.54, 1.807) is 48.5 Å². The molecule has 0 unspecified atom stereocenters. The van der Waals surface area contributed by atoms with Crippen molar-refractivity contribution >= 4 is 23.9 Å². The van der Waals surface area contributed by atoms with Crippen molar-refractivity contribution in [3.8, 4) is 51.4 Å². The van der Waals surface area contributed by atoms with Crippen LogP contribution in [0, 0.1) is 0 Å². The van der Waals surface area contributed by atoms with E-state index < -0.39 is 37.1 Å². The lowest BCUT2D eigenvalue weighted by atomic mass is 10.0. The van der Waals surface area contributed by atoms with E-state index in [9.17, 15) is 34.5 Å². The Morgan fingerprint density at radius 2 is 0.717 bits per heavy atom. The van der Waals surface area contributed by atoms with Gasteiger partial charge >= 0.3 is 23.9 Å². The standard InChI is InChI=1S/C46H38O14/c1-54-40-21-32(25-48)31(24-47)20-39(40)46(53)60-37-18-10-30(11-19-37)44(51)58-35-14-6-28(7-15-35)27-4-12-34(13-5-27)57-43(50)29-8-16-36(17-9-29)59-45(52)38-23-42(56-3)41(55-2)22-33(38)26-49/h4-23,47-49H,24-26H2,1-3H3. The monoisotopic (exact) mass is 814 g/mol. The van der Waals surface area contributed by atoms with Crippen molar-refractivity contribution < 1.29 is 67.7 Å². The van der Waals surface area contributed by atoms with Crippen LogP contribution >= 0.6 is 0 Å². The highest BCUT2D eigenvalue weighted by atomic mass is 16.6. The Bertz CT molecular complexity index is 2320. The summed E-state index contributed by atoms with van der Waals surface area (Å²) in [4.78, 5) is 51.5. The summed E-state index contributed by atoms with van der Waals surface area (Å²) in [5.41, 5.74) is 3.23. The van der Waals surface area contributed by atoms with Crippen LogP contribution in [-0.4, -0.2) is 60.5 Å². The van der Waals surface area contributed by atoms with Gasteiger partial charge in [0, 0.05) is 0 Å². The number of esters is 4. The number of aliphatic hydroxyl groups excluding tert-OH is 3. The molecule has 60 heavy (non-hydrogen) atoms. The summed E-state index contributed by atoms with van der Waals surface area (Å²) in [6.45, 7) is -1.17. The Labute approximate surface area is 343 Å². The van der Waals surface area contributed by atoms with E-state index in [0.717, 1.165) is 11.1 Å². The smallest absolute Gasteiger partial charge is 0.347 e. The SMILES string of the molecule is COc1cc(CO)c(C(=O)Oc2ccc(C(=O)Oc3ccc(-c4ccc(OC(=O)c5ccc(OC(=O)c6cc(CO)c(CO)cc6OC)cc5)cc4)cc3)cc2)cc1OC. The van der Waals surface area contributed by atoms with Gasteiger partial charge in [0.05, 0.1) is 57.8 Å². The quantitative estimate of drug-likeness (QED) is 0.0729. The highest BCUT2D eigenvalue weighted by Crippen LogP contribution is 2.32. The van der Waals surface area contributed by atoms with Gasteiger partial charge < -0.3 is 48.5 Å². The molecule has 0 fully saturated rings. The van der Waals surface area contributed by atoms with Crippen molar-refractivity contribution in [2.75, 3.05) is 21.3 Å². The van der Waals surface area contributed by atoms with E-state index in [0.29, 0.717) is 34.1 Å². The van der Waals surface area contributed by atoms with Gasteiger partial charge in [-0.2, -0.15) is 0 Å². The Balaban J connectivity index is 1.01. The van der Waals surface area contributed by atoms with Gasteiger partial charge in [-0.15, -0.1) is 0 Å². The molecule has 0 amide bonds. The number of hydrogen-bond donors (Lipinski definition) is 3. The van der Waals surface area contributed by atoms with Crippen molar-refractivity contribution in [1.82, 2.24) is 0 Å². The van der Waals surface area contributed by atoms with Gasteiger partial charge in [-0.25, -0.2) is 19.2 Å². The number of ether oxygens (including phenoxy) is 7. The minimum atomic E-state index is -0.755. The number of aliphatic hydroxyl groups is 3. The largest absolute Gasteiger partial charge is 0.496 e. The Morgan fingerprint density at radius 1 is 0.383 bits per heavy atom. The third kappa shape index (κ3) is 9.77. The molecular formula is C46H38O14. The van der Waals surface area contributed by atoms with E-state index in [1.165, 1.54) is 94.1 Å². The zero-order valence-corrected chi connectivity index (χ0v) is 32.5. The maximum absolute atomic E-state index is 12.9. The number of methoxy groups -OCH3 is 3. The molecule has 0 aliphatic carbocycles. The molecular weight excluding hydrogens is 776 g/mol. The second kappa shape index (κ2) is 19.3. The molecule has 0 heterocycles. The predicted molar refractivity (Wildman–Crippen MR) is 215 cm³/mol. The van der Waals surface area contributed by atoms with Crippen molar-refractivity contribution in [2.24, 2.45) is 0 Å². The van der Waals surface area contributed by atoms with Crippen LogP contribution in [0.3, 0.4) is 0 Å². The highest BCUT2D eigenvalue weighted by molar-refractivity contribution is 5.96. The minimum absolute atomic E-state index is 0.0558. The number of carbonyl (C=O) groups is 4. The Kier molecular flexibility index (Phi) is 13.5. The maximum atomic E-state index is 12.9. The lowest BCUT2D eigenvalue weighted by Gasteiger charge is -2.13. The van der Waals surface area contributed by atoms with Crippen LogP contribution in [0.2, 0.25) is 0 Å². The fraction of sp³-hybridized carbons (Fsp3) is 0.130. The third-order valence-corrected chi connectivity index (χ3v) is 9.15.